The van der Waals surface area contributed by atoms with Crippen LogP contribution in [0.15, 0.2) is 18.7 Å². The largest absolute Gasteiger partial charge is 0.478 e. The molecule has 0 spiro atoms. The quantitative estimate of drug-likeness (QED) is 0.649. The predicted molar refractivity (Wildman–Crippen MR) is 42.0 cm³/mol. The fourth-order valence-electron chi connectivity index (χ4n) is 0.986. The summed E-state index contributed by atoms with van der Waals surface area (Å²) in [5.41, 5.74) is 0.695. The average molecular weight is 164 g/mol. The highest BCUT2D eigenvalue weighted by molar-refractivity contribution is 5.35. The van der Waals surface area contributed by atoms with Gasteiger partial charge in [-0.1, -0.05) is 0 Å². The summed E-state index contributed by atoms with van der Waals surface area (Å²) in [5.74, 6) is 0.667. The third kappa shape index (κ3) is 0.990. The summed E-state index contributed by atoms with van der Waals surface area (Å²) in [6.07, 6.45) is 4.87. The Morgan fingerprint density at radius 3 is 3.25 bits per heavy atom. The SMILES string of the molecule is CCOc1cncc2nncn12. The van der Waals surface area contributed by atoms with Crippen molar-refractivity contribution in [3.05, 3.63) is 18.7 Å². The van der Waals surface area contributed by atoms with E-state index < -0.39 is 0 Å². The van der Waals surface area contributed by atoms with Crippen LogP contribution in [0.25, 0.3) is 5.65 Å². The molecular weight excluding hydrogens is 156 g/mol. The standard InChI is InChI=1S/C7H8N4O/c1-2-12-7-4-8-3-6-10-9-5-11(6)7/h3-5H,2H2,1H3. The molecule has 0 radical (unpaired) electrons. The maximum absolute atomic E-state index is 5.30. The topological polar surface area (TPSA) is 52.3 Å². The minimum Gasteiger partial charge on any atom is -0.478 e. The van der Waals surface area contributed by atoms with Crippen LogP contribution in [0.4, 0.5) is 0 Å². The summed E-state index contributed by atoms with van der Waals surface area (Å²) < 4.78 is 7.04. The summed E-state index contributed by atoms with van der Waals surface area (Å²) in [6.45, 7) is 2.53. The minimum atomic E-state index is 0.610. The van der Waals surface area contributed by atoms with Gasteiger partial charge in [0.25, 0.3) is 0 Å². The van der Waals surface area contributed by atoms with Gasteiger partial charge >= 0.3 is 0 Å². The Labute approximate surface area is 69.0 Å². The van der Waals surface area contributed by atoms with Crippen molar-refractivity contribution in [2.24, 2.45) is 0 Å². The zero-order valence-electron chi connectivity index (χ0n) is 6.64. The van der Waals surface area contributed by atoms with Crippen molar-refractivity contribution < 1.29 is 4.74 Å². The zero-order chi connectivity index (χ0) is 8.39. The van der Waals surface area contributed by atoms with E-state index in [1.807, 2.05) is 6.92 Å². The van der Waals surface area contributed by atoms with Gasteiger partial charge in [0.05, 0.1) is 19.0 Å². The first-order chi connectivity index (χ1) is 5.92. The molecule has 0 amide bonds. The molecule has 0 aliphatic carbocycles. The molecule has 0 bridgehead atoms. The molecule has 0 fully saturated rings. The fraction of sp³-hybridized carbons (Fsp3) is 0.286. The summed E-state index contributed by atoms with van der Waals surface area (Å²) in [5, 5.41) is 7.57. The van der Waals surface area contributed by atoms with E-state index in [4.69, 9.17) is 4.74 Å². The van der Waals surface area contributed by atoms with E-state index in [1.54, 1.807) is 23.1 Å². The van der Waals surface area contributed by atoms with Crippen LogP contribution in [0.1, 0.15) is 6.92 Å². The Kier molecular flexibility index (Phi) is 1.62. The van der Waals surface area contributed by atoms with Crippen LogP contribution in [0.5, 0.6) is 5.88 Å². The van der Waals surface area contributed by atoms with Crippen LogP contribution < -0.4 is 4.74 Å². The van der Waals surface area contributed by atoms with Crippen molar-refractivity contribution in [3.8, 4) is 5.88 Å². The van der Waals surface area contributed by atoms with Crippen LogP contribution in [0.3, 0.4) is 0 Å². The molecule has 62 valence electrons. The maximum atomic E-state index is 5.30. The van der Waals surface area contributed by atoms with Gasteiger partial charge in [0.2, 0.25) is 5.88 Å². The molecule has 5 heteroatoms. The van der Waals surface area contributed by atoms with Crippen LogP contribution in [0.2, 0.25) is 0 Å². The Hall–Kier alpha value is -1.65. The third-order valence-corrected chi connectivity index (χ3v) is 1.48. The summed E-state index contributed by atoms with van der Waals surface area (Å²) in [6, 6.07) is 0. The van der Waals surface area contributed by atoms with Gasteiger partial charge < -0.3 is 4.74 Å². The number of ether oxygens (including phenoxy) is 1. The number of hydrogen-bond donors (Lipinski definition) is 0. The molecule has 0 atom stereocenters. The fourth-order valence-corrected chi connectivity index (χ4v) is 0.986. The van der Waals surface area contributed by atoms with Crippen LogP contribution >= 0.6 is 0 Å². The molecule has 0 aliphatic rings. The van der Waals surface area contributed by atoms with Crippen molar-refractivity contribution in [3.63, 3.8) is 0 Å². The lowest BCUT2D eigenvalue weighted by Gasteiger charge is -2.02. The van der Waals surface area contributed by atoms with E-state index in [2.05, 4.69) is 15.2 Å². The second-order valence-corrected chi connectivity index (χ2v) is 2.24. The van der Waals surface area contributed by atoms with E-state index in [0.717, 1.165) is 0 Å². The summed E-state index contributed by atoms with van der Waals surface area (Å²) in [7, 11) is 0. The first-order valence-electron chi connectivity index (χ1n) is 3.68. The third-order valence-electron chi connectivity index (χ3n) is 1.48. The maximum Gasteiger partial charge on any atom is 0.219 e. The van der Waals surface area contributed by atoms with Crippen LogP contribution in [-0.2, 0) is 0 Å². The summed E-state index contributed by atoms with van der Waals surface area (Å²) in [4.78, 5) is 3.96. The number of aromatic nitrogens is 4. The summed E-state index contributed by atoms with van der Waals surface area (Å²) >= 11 is 0. The Balaban J connectivity index is 2.57. The Bertz CT molecular complexity index is 384. The smallest absolute Gasteiger partial charge is 0.219 e. The van der Waals surface area contributed by atoms with Gasteiger partial charge in [-0.15, -0.1) is 10.2 Å². The molecule has 2 heterocycles. The highest BCUT2D eigenvalue weighted by atomic mass is 16.5. The number of rotatable bonds is 2. The van der Waals surface area contributed by atoms with Crippen molar-refractivity contribution in [2.75, 3.05) is 6.61 Å². The van der Waals surface area contributed by atoms with E-state index >= 15 is 0 Å². The lowest BCUT2D eigenvalue weighted by molar-refractivity contribution is 0.321. The monoisotopic (exact) mass is 164 g/mol. The molecule has 2 rings (SSSR count). The molecule has 2 aromatic rings. The van der Waals surface area contributed by atoms with Crippen LogP contribution in [0, 0.1) is 0 Å². The van der Waals surface area contributed by atoms with Gasteiger partial charge in [0.15, 0.2) is 5.65 Å². The molecule has 5 nitrogen and oxygen atoms in total. The molecule has 0 saturated heterocycles. The number of fused-ring (bicyclic) bond motifs is 1. The molecular formula is C7H8N4O. The zero-order valence-corrected chi connectivity index (χ0v) is 6.64. The van der Waals surface area contributed by atoms with E-state index in [-0.39, 0.29) is 0 Å². The van der Waals surface area contributed by atoms with Gasteiger partial charge in [0, 0.05) is 0 Å². The highest BCUT2D eigenvalue weighted by Gasteiger charge is 2.00. The van der Waals surface area contributed by atoms with Crippen molar-refractivity contribution in [2.45, 2.75) is 6.92 Å². The first kappa shape index (κ1) is 7.02. The lowest BCUT2D eigenvalue weighted by Crippen LogP contribution is -1.98. The predicted octanol–water partition coefficient (Wildman–Crippen LogP) is 0.523. The van der Waals surface area contributed by atoms with Gasteiger partial charge in [0.1, 0.15) is 6.33 Å². The van der Waals surface area contributed by atoms with Crippen molar-refractivity contribution in [1.82, 2.24) is 19.6 Å². The Morgan fingerprint density at radius 1 is 1.50 bits per heavy atom. The lowest BCUT2D eigenvalue weighted by atomic mass is 10.6. The normalized spacial score (nSPS) is 10.4. The van der Waals surface area contributed by atoms with Crippen molar-refractivity contribution in [1.29, 1.82) is 0 Å². The van der Waals surface area contributed by atoms with Crippen molar-refractivity contribution >= 4 is 5.65 Å². The van der Waals surface area contributed by atoms with E-state index in [9.17, 15) is 0 Å². The Morgan fingerprint density at radius 2 is 2.42 bits per heavy atom. The van der Waals surface area contributed by atoms with E-state index in [0.29, 0.717) is 18.1 Å². The highest BCUT2D eigenvalue weighted by Crippen LogP contribution is 2.09. The first-order valence-corrected chi connectivity index (χ1v) is 3.68. The molecule has 0 unspecified atom stereocenters. The molecule has 0 saturated carbocycles. The molecule has 12 heavy (non-hydrogen) atoms. The van der Waals surface area contributed by atoms with Gasteiger partial charge in [-0.2, -0.15) is 0 Å². The van der Waals surface area contributed by atoms with Gasteiger partial charge in [-0.05, 0) is 6.92 Å². The number of hydrogen-bond acceptors (Lipinski definition) is 4. The average Bonchev–Trinajstić information content (AvgIpc) is 2.53. The second-order valence-electron chi connectivity index (χ2n) is 2.24. The molecule has 0 N–H and O–H groups in total. The van der Waals surface area contributed by atoms with Crippen LogP contribution in [-0.4, -0.2) is 26.2 Å². The molecule has 0 aliphatic heterocycles. The minimum absolute atomic E-state index is 0.610. The van der Waals surface area contributed by atoms with Gasteiger partial charge in [-0.3, -0.25) is 4.98 Å². The second kappa shape index (κ2) is 2.77. The van der Waals surface area contributed by atoms with Gasteiger partial charge in [-0.25, -0.2) is 4.40 Å². The molecule has 0 aromatic carbocycles. The van der Waals surface area contributed by atoms with E-state index in [1.165, 1.54) is 0 Å². The molecule has 2 aromatic heterocycles. The number of nitrogens with zero attached hydrogens (tertiary/aromatic N) is 4.